The lowest BCUT2D eigenvalue weighted by Gasteiger charge is -2.29. The summed E-state index contributed by atoms with van der Waals surface area (Å²) in [4.78, 5) is 12.9. The number of halogens is 1. The van der Waals surface area contributed by atoms with Gasteiger partial charge in [-0.15, -0.1) is 11.3 Å². The van der Waals surface area contributed by atoms with Gasteiger partial charge in [-0.1, -0.05) is 48.4 Å². The van der Waals surface area contributed by atoms with Crippen molar-refractivity contribution in [3.8, 4) is 10.4 Å². The molecule has 1 unspecified atom stereocenters. The molecule has 2 heterocycles. The van der Waals surface area contributed by atoms with Crippen LogP contribution in [0.3, 0.4) is 0 Å². The number of hydrogen-bond acceptors (Lipinski definition) is 5. The first-order chi connectivity index (χ1) is 16.3. The number of benzene rings is 2. The molecule has 0 bridgehead atoms. The van der Waals surface area contributed by atoms with E-state index in [2.05, 4.69) is 5.09 Å². The van der Waals surface area contributed by atoms with Gasteiger partial charge in [0, 0.05) is 23.1 Å². The van der Waals surface area contributed by atoms with E-state index in [0.717, 1.165) is 32.9 Å². The average Bonchev–Trinajstić information content (AvgIpc) is 3.23. The molecule has 9 heteroatoms. The molecule has 1 atom stereocenters. The predicted molar refractivity (Wildman–Crippen MR) is 138 cm³/mol. The van der Waals surface area contributed by atoms with E-state index in [0.29, 0.717) is 42.8 Å². The molecule has 6 nitrogen and oxygen atoms in total. The van der Waals surface area contributed by atoms with Crippen LogP contribution in [0.15, 0.2) is 48.5 Å². The van der Waals surface area contributed by atoms with Crippen molar-refractivity contribution >= 4 is 47.4 Å². The molecule has 1 fully saturated rings. The van der Waals surface area contributed by atoms with Crippen molar-refractivity contribution in [2.75, 3.05) is 18.3 Å². The van der Waals surface area contributed by atoms with E-state index in [1.54, 1.807) is 18.2 Å². The molecule has 1 aliphatic heterocycles. The Labute approximate surface area is 208 Å². The Morgan fingerprint density at radius 2 is 1.91 bits per heavy atom. The van der Waals surface area contributed by atoms with Crippen LogP contribution in [0.25, 0.3) is 10.4 Å². The van der Waals surface area contributed by atoms with Crippen molar-refractivity contribution in [3.63, 3.8) is 0 Å². The summed E-state index contributed by atoms with van der Waals surface area (Å²) in [6.07, 6.45) is 1.68. The summed E-state index contributed by atoms with van der Waals surface area (Å²) in [5.74, 6) is -1.09. The van der Waals surface area contributed by atoms with E-state index in [1.807, 2.05) is 44.2 Å². The summed E-state index contributed by atoms with van der Waals surface area (Å²) in [6, 6.07) is 14.6. The Kier molecular flexibility index (Phi) is 7.80. The molecule has 2 aromatic carbocycles. The standard InChI is InChI=1S/C25H27ClNO5PS/c1-3-17-14-16(2)4-9-22(17)33(30,32-20-10-12-31-13-11-20)27-21-15-23(34-24(21)25(28)29)18-5-7-19(26)8-6-18/h4-9,14-15,20H,3,10-13H2,1-2H3,(H,27,30)(H,28,29). The van der Waals surface area contributed by atoms with Gasteiger partial charge in [0.1, 0.15) is 4.88 Å². The summed E-state index contributed by atoms with van der Waals surface area (Å²) in [5.41, 5.74) is 3.08. The number of aryl methyl sites for hydroxylation is 2. The summed E-state index contributed by atoms with van der Waals surface area (Å²) < 4.78 is 26.2. The van der Waals surface area contributed by atoms with Crippen molar-refractivity contribution < 1.29 is 23.7 Å². The normalized spacial score (nSPS) is 16.2. The van der Waals surface area contributed by atoms with Crippen LogP contribution < -0.4 is 10.4 Å². The highest BCUT2D eigenvalue weighted by molar-refractivity contribution is 7.68. The van der Waals surface area contributed by atoms with Gasteiger partial charge in [-0.3, -0.25) is 4.57 Å². The Morgan fingerprint density at radius 3 is 2.56 bits per heavy atom. The number of hydrogen-bond donors (Lipinski definition) is 2. The van der Waals surface area contributed by atoms with Crippen LogP contribution in [0.5, 0.6) is 0 Å². The highest BCUT2D eigenvalue weighted by Crippen LogP contribution is 2.51. The fourth-order valence-corrected chi connectivity index (χ4v) is 7.41. The van der Waals surface area contributed by atoms with Gasteiger partial charge in [0.05, 0.1) is 17.1 Å². The maximum absolute atomic E-state index is 14.5. The summed E-state index contributed by atoms with van der Waals surface area (Å²) in [5, 5.41) is 14.1. The van der Waals surface area contributed by atoms with Crippen molar-refractivity contribution in [2.24, 2.45) is 0 Å². The number of carbonyl (C=O) groups is 1. The second kappa shape index (κ2) is 10.6. The van der Waals surface area contributed by atoms with E-state index < -0.39 is 13.5 Å². The van der Waals surface area contributed by atoms with Crippen molar-refractivity contribution in [1.29, 1.82) is 0 Å². The maximum atomic E-state index is 14.5. The average molecular weight is 520 g/mol. The van der Waals surface area contributed by atoms with Gasteiger partial charge in [-0.25, -0.2) is 4.79 Å². The Hall–Kier alpha value is -2.15. The lowest BCUT2D eigenvalue weighted by atomic mass is 10.1. The smallest absolute Gasteiger partial charge is 0.348 e. The van der Waals surface area contributed by atoms with Crippen LogP contribution in [0.1, 0.15) is 40.6 Å². The second-order valence-corrected chi connectivity index (χ2v) is 11.7. The molecule has 1 aliphatic rings. The number of rotatable bonds is 8. The number of aromatic carboxylic acids is 1. The van der Waals surface area contributed by atoms with Crippen LogP contribution in [-0.4, -0.2) is 30.4 Å². The van der Waals surface area contributed by atoms with E-state index in [-0.39, 0.29) is 16.7 Å². The van der Waals surface area contributed by atoms with Crippen LogP contribution in [0, 0.1) is 6.92 Å². The second-order valence-electron chi connectivity index (χ2n) is 8.23. The molecule has 0 saturated carbocycles. The number of ether oxygens (including phenoxy) is 1. The number of nitrogens with one attached hydrogen (secondary N) is 1. The third-order valence-corrected chi connectivity index (χ3v) is 9.35. The van der Waals surface area contributed by atoms with Crippen molar-refractivity contribution in [2.45, 2.75) is 39.2 Å². The Morgan fingerprint density at radius 1 is 1.21 bits per heavy atom. The zero-order valence-corrected chi connectivity index (χ0v) is 21.5. The molecule has 0 amide bonds. The molecule has 180 valence electrons. The van der Waals surface area contributed by atoms with Gasteiger partial charge in [0.15, 0.2) is 0 Å². The largest absolute Gasteiger partial charge is 0.477 e. The van der Waals surface area contributed by atoms with E-state index >= 15 is 0 Å². The highest BCUT2D eigenvalue weighted by atomic mass is 35.5. The number of carboxylic acids is 1. The van der Waals surface area contributed by atoms with Gasteiger partial charge in [-0.2, -0.15) is 0 Å². The van der Waals surface area contributed by atoms with E-state index in [9.17, 15) is 14.5 Å². The monoisotopic (exact) mass is 519 g/mol. The number of thiophene rings is 1. The minimum absolute atomic E-state index is 0.0749. The molecule has 2 N–H and O–H groups in total. The molecule has 4 rings (SSSR count). The molecule has 1 aromatic heterocycles. The SMILES string of the molecule is CCc1cc(C)ccc1P(=O)(Nc1cc(-c2ccc(Cl)cc2)sc1C(=O)O)OC1CCOCC1. The van der Waals surface area contributed by atoms with Gasteiger partial charge >= 0.3 is 13.5 Å². The van der Waals surface area contributed by atoms with Crippen LogP contribution in [0.4, 0.5) is 5.69 Å². The van der Waals surface area contributed by atoms with Crippen molar-refractivity contribution in [1.82, 2.24) is 0 Å². The third kappa shape index (κ3) is 5.56. The summed E-state index contributed by atoms with van der Waals surface area (Å²) in [7, 11) is -3.67. The number of carboxylic acid groups (broad SMARTS) is 1. The Bertz CT molecular complexity index is 1220. The molecule has 3 aromatic rings. The van der Waals surface area contributed by atoms with Crippen LogP contribution in [-0.2, 0) is 20.2 Å². The minimum Gasteiger partial charge on any atom is -0.477 e. The van der Waals surface area contributed by atoms with Gasteiger partial charge in [-0.05, 0) is 61.6 Å². The first kappa shape index (κ1) is 25.0. The predicted octanol–water partition coefficient (Wildman–Crippen LogP) is 6.76. The van der Waals surface area contributed by atoms with Gasteiger partial charge in [0.25, 0.3) is 0 Å². The summed E-state index contributed by atoms with van der Waals surface area (Å²) in [6.45, 7) is 5.07. The number of anilines is 1. The zero-order valence-electron chi connectivity index (χ0n) is 19.0. The minimum atomic E-state index is -3.67. The quantitative estimate of drug-likeness (QED) is 0.320. The Balaban J connectivity index is 1.77. The van der Waals surface area contributed by atoms with E-state index in [1.165, 1.54) is 0 Å². The summed E-state index contributed by atoms with van der Waals surface area (Å²) >= 11 is 7.13. The van der Waals surface area contributed by atoms with Crippen LogP contribution in [0.2, 0.25) is 5.02 Å². The molecule has 0 aliphatic carbocycles. The molecular weight excluding hydrogens is 493 g/mol. The zero-order chi connectivity index (χ0) is 24.3. The molecule has 0 spiro atoms. The first-order valence-corrected chi connectivity index (χ1v) is 14.0. The maximum Gasteiger partial charge on any atom is 0.348 e. The molecule has 0 radical (unpaired) electrons. The van der Waals surface area contributed by atoms with Crippen LogP contribution >= 0.6 is 30.5 Å². The van der Waals surface area contributed by atoms with Gasteiger partial charge in [0.2, 0.25) is 0 Å². The first-order valence-electron chi connectivity index (χ1n) is 11.2. The lowest BCUT2D eigenvalue weighted by molar-refractivity contribution is 0.0280. The topological polar surface area (TPSA) is 84.9 Å². The van der Waals surface area contributed by atoms with E-state index in [4.69, 9.17) is 20.9 Å². The molecule has 34 heavy (non-hydrogen) atoms. The fourth-order valence-electron chi connectivity index (χ4n) is 3.97. The lowest BCUT2D eigenvalue weighted by Crippen LogP contribution is -2.27. The molecular formula is C25H27ClNO5PS. The van der Waals surface area contributed by atoms with Crippen molar-refractivity contribution in [3.05, 3.63) is 69.6 Å². The fraction of sp³-hybridized carbons (Fsp3) is 0.320. The highest BCUT2D eigenvalue weighted by Gasteiger charge is 2.35. The molecule has 1 saturated heterocycles. The third-order valence-electron chi connectivity index (χ3n) is 5.72. The van der Waals surface area contributed by atoms with Gasteiger partial charge < -0.3 is 19.5 Å².